The molecule has 0 atom stereocenters. The second kappa shape index (κ2) is 8.11. The highest BCUT2D eigenvalue weighted by molar-refractivity contribution is 5.91. The summed E-state index contributed by atoms with van der Waals surface area (Å²) < 4.78 is 0. The third kappa shape index (κ3) is 4.04. The Hall–Kier alpha value is -3.08. The Kier molecular flexibility index (Phi) is 5.38. The second-order valence-corrected chi connectivity index (χ2v) is 7.98. The number of aromatic nitrogens is 1. The van der Waals surface area contributed by atoms with Crippen molar-refractivity contribution < 1.29 is 14.7 Å². The topological polar surface area (TPSA) is 73.4 Å². The van der Waals surface area contributed by atoms with Gasteiger partial charge in [-0.1, -0.05) is 30.3 Å². The van der Waals surface area contributed by atoms with Gasteiger partial charge in [0.2, 0.25) is 5.91 Å². The molecule has 4 rings (SSSR count). The molecule has 1 saturated heterocycles. The average molecular weight is 390 g/mol. The van der Waals surface area contributed by atoms with Crippen LogP contribution in [0.1, 0.15) is 39.9 Å². The number of aryl methyl sites for hydroxylation is 1. The van der Waals surface area contributed by atoms with Gasteiger partial charge in [0.1, 0.15) is 0 Å². The molecular weight excluding hydrogens is 364 g/mol. The summed E-state index contributed by atoms with van der Waals surface area (Å²) in [6.07, 6.45) is 4.94. The lowest BCUT2D eigenvalue weighted by atomic mass is 9.88. The van der Waals surface area contributed by atoms with E-state index < -0.39 is 5.97 Å². The van der Waals surface area contributed by atoms with Gasteiger partial charge in [-0.3, -0.25) is 4.79 Å². The van der Waals surface area contributed by atoms with E-state index in [-0.39, 0.29) is 5.91 Å². The molecule has 0 radical (unpaired) electrons. The third-order valence-corrected chi connectivity index (χ3v) is 6.06. The number of nitrogens with one attached hydrogen (secondary N) is 1. The Bertz CT molecular complexity index is 1050. The Morgan fingerprint density at radius 2 is 1.83 bits per heavy atom. The van der Waals surface area contributed by atoms with Gasteiger partial charge in [0.05, 0.1) is 12.0 Å². The van der Waals surface area contributed by atoms with Crippen molar-refractivity contribution >= 4 is 22.8 Å². The zero-order valence-corrected chi connectivity index (χ0v) is 16.6. The van der Waals surface area contributed by atoms with Gasteiger partial charge < -0.3 is 15.0 Å². The van der Waals surface area contributed by atoms with Gasteiger partial charge in [-0.05, 0) is 60.9 Å². The minimum absolute atomic E-state index is 0.165. The summed E-state index contributed by atoms with van der Waals surface area (Å²) in [5, 5.41) is 10.5. The highest BCUT2D eigenvalue weighted by Crippen LogP contribution is 2.26. The lowest BCUT2D eigenvalue weighted by Gasteiger charge is -2.32. The molecule has 1 fully saturated rings. The molecule has 2 aromatic carbocycles. The molecule has 150 valence electrons. The Balaban J connectivity index is 1.37. The van der Waals surface area contributed by atoms with E-state index in [2.05, 4.69) is 18.0 Å². The van der Waals surface area contributed by atoms with Crippen LogP contribution in [0.15, 0.2) is 48.7 Å². The molecule has 0 spiro atoms. The van der Waals surface area contributed by atoms with Crippen LogP contribution in [0.3, 0.4) is 0 Å². The van der Waals surface area contributed by atoms with Gasteiger partial charge in [-0.15, -0.1) is 0 Å². The summed E-state index contributed by atoms with van der Waals surface area (Å²) >= 11 is 0. The number of amides is 1. The van der Waals surface area contributed by atoms with Crippen LogP contribution in [0.2, 0.25) is 0 Å². The second-order valence-electron chi connectivity index (χ2n) is 7.98. The summed E-state index contributed by atoms with van der Waals surface area (Å²) in [5.74, 6) is -0.296. The summed E-state index contributed by atoms with van der Waals surface area (Å²) in [6.45, 7) is 3.55. The van der Waals surface area contributed by atoms with Crippen molar-refractivity contribution in [3.8, 4) is 0 Å². The number of piperidine rings is 1. The molecule has 3 aromatic rings. The number of carboxylic acids is 1. The number of hydrogen-bond acceptors (Lipinski definition) is 2. The van der Waals surface area contributed by atoms with E-state index in [0.717, 1.165) is 54.4 Å². The average Bonchev–Trinajstić information content (AvgIpc) is 3.13. The van der Waals surface area contributed by atoms with Crippen molar-refractivity contribution in [1.29, 1.82) is 0 Å². The van der Waals surface area contributed by atoms with Crippen LogP contribution in [-0.2, 0) is 17.6 Å². The van der Waals surface area contributed by atoms with Gasteiger partial charge >= 0.3 is 5.97 Å². The Labute approximate surface area is 170 Å². The number of likely N-dealkylation sites (tertiary alicyclic amines) is 1. The number of H-pyrrole nitrogens is 1. The molecule has 29 heavy (non-hydrogen) atoms. The minimum atomic E-state index is -0.873. The molecule has 1 aliphatic rings. The number of aromatic amines is 1. The lowest BCUT2D eigenvalue weighted by molar-refractivity contribution is -0.131. The van der Waals surface area contributed by atoms with Crippen molar-refractivity contribution in [2.75, 3.05) is 13.1 Å². The molecule has 1 amide bonds. The molecular formula is C24H26N2O3. The number of carboxylic acid groups (broad SMARTS) is 1. The van der Waals surface area contributed by atoms with Crippen LogP contribution in [-0.4, -0.2) is 40.0 Å². The zero-order valence-electron chi connectivity index (χ0n) is 16.6. The van der Waals surface area contributed by atoms with Crippen LogP contribution < -0.4 is 0 Å². The van der Waals surface area contributed by atoms with Crippen molar-refractivity contribution in [3.05, 3.63) is 70.9 Å². The lowest BCUT2D eigenvalue weighted by Crippen LogP contribution is -2.39. The first-order valence-electron chi connectivity index (χ1n) is 10.2. The van der Waals surface area contributed by atoms with Crippen LogP contribution in [0, 0.1) is 12.8 Å². The predicted octanol–water partition coefficient (Wildman–Crippen LogP) is 4.20. The molecule has 1 aromatic heterocycles. The van der Waals surface area contributed by atoms with E-state index in [9.17, 15) is 14.7 Å². The fraction of sp³-hybridized carbons (Fsp3) is 0.333. The van der Waals surface area contributed by atoms with Crippen LogP contribution in [0.25, 0.3) is 10.9 Å². The standard InChI is InChI=1S/C24H26N2O3/c1-16-5-4-8-21-23(16)19(15-25-21)14-22(27)26-11-9-17(10-12-26)13-18-6-2-3-7-20(18)24(28)29/h2-8,15,17,25H,9-14H2,1H3,(H,28,29). The van der Waals surface area contributed by atoms with E-state index in [1.807, 2.05) is 35.4 Å². The van der Waals surface area contributed by atoms with Crippen molar-refractivity contribution in [1.82, 2.24) is 9.88 Å². The van der Waals surface area contributed by atoms with E-state index in [1.54, 1.807) is 12.1 Å². The first-order valence-corrected chi connectivity index (χ1v) is 10.2. The third-order valence-electron chi connectivity index (χ3n) is 6.06. The molecule has 0 bridgehead atoms. The van der Waals surface area contributed by atoms with E-state index in [1.165, 1.54) is 5.56 Å². The molecule has 5 heteroatoms. The minimum Gasteiger partial charge on any atom is -0.478 e. The quantitative estimate of drug-likeness (QED) is 0.686. The first kappa shape index (κ1) is 19.2. The number of carbonyl (C=O) groups excluding carboxylic acids is 1. The summed E-state index contributed by atoms with van der Waals surface area (Å²) in [6, 6.07) is 13.4. The molecule has 0 aliphatic carbocycles. The fourth-order valence-electron chi connectivity index (χ4n) is 4.47. The van der Waals surface area contributed by atoms with Crippen molar-refractivity contribution in [2.45, 2.75) is 32.6 Å². The van der Waals surface area contributed by atoms with Gasteiger partial charge in [0.25, 0.3) is 0 Å². The van der Waals surface area contributed by atoms with Crippen molar-refractivity contribution in [2.24, 2.45) is 5.92 Å². The maximum Gasteiger partial charge on any atom is 0.335 e. The van der Waals surface area contributed by atoms with Gasteiger partial charge in [0.15, 0.2) is 0 Å². The number of benzene rings is 2. The summed E-state index contributed by atoms with van der Waals surface area (Å²) in [7, 11) is 0. The largest absolute Gasteiger partial charge is 0.478 e. The first-order chi connectivity index (χ1) is 14.0. The number of nitrogens with zero attached hydrogens (tertiary/aromatic N) is 1. The van der Waals surface area contributed by atoms with Gasteiger partial charge in [0, 0.05) is 30.2 Å². The van der Waals surface area contributed by atoms with E-state index >= 15 is 0 Å². The highest BCUT2D eigenvalue weighted by atomic mass is 16.4. The molecule has 0 saturated carbocycles. The molecule has 2 heterocycles. The highest BCUT2D eigenvalue weighted by Gasteiger charge is 2.25. The number of fused-ring (bicyclic) bond motifs is 1. The normalized spacial score (nSPS) is 15.0. The number of aromatic carboxylic acids is 1. The van der Waals surface area contributed by atoms with Gasteiger partial charge in [-0.25, -0.2) is 4.79 Å². The zero-order chi connectivity index (χ0) is 20.4. The summed E-state index contributed by atoms with van der Waals surface area (Å²) in [4.78, 5) is 29.5. The van der Waals surface area contributed by atoms with Crippen LogP contribution >= 0.6 is 0 Å². The molecule has 5 nitrogen and oxygen atoms in total. The Morgan fingerprint density at radius 3 is 2.59 bits per heavy atom. The van der Waals surface area contributed by atoms with E-state index in [0.29, 0.717) is 17.9 Å². The maximum atomic E-state index is 12.9. The van der Waals surface area contributed by atoms with E-state index in [4.69, 9.17) is 0 Å². The van der Waals surface area contributed by atoms with Crippen LogP contribution in [0.4, 0.5) is 0 Å². The van der Waals surface area contributed by atoms with Crippen molar-refractivity contribution in [3.63, 3.8) is 0 Å². The smallest absolute Gasteiger partial charge is 0.335 e. The fourth-order valence-corrected chi connectivity index (χ4v) is 4.47. The summed E-state index contributed by atoms with van der Waals surface area (Å²) in [5.41, 5.74) is 4.59. The van der Waals surface area contributed by atoms with Crippen LogP contribution in [0.5, 0.6) is 0 Å². The Morgan fingerprint density at radius 1 is 1.07 bits per heavy atom. The maximum absolute atomic E-state index is 12.9. The number of hydrogen-bond donors (Lipinski definition) is 2. The molecule has 1 aliphatic heterocycles. The SMILES string of the molecule is Cc1cccc2[nH]cc(CC(=O)N3CCC(Cc4ccccc4C(=O)O)CC3)c12. The molecule has 2 N–H and O–H groups in total. The predicted molar refractivity (Wildman–Crippen MR) is 113 cm³/mol. The number of rotatable bonds is 5. The monoisotopic (exact) mass is 390 g/mol. The van der Waals surface area contributed by atoms with Gasteiger partial charge in [-0.2, -0.15) is 0 Å². The number of carbonyl (C=O) groups is 2. The molecule has 0 unspecified atom stereocenters.